The van der Waals surface area contributed by atoms with E-state index < -0.39 is 0 Å². The van der Waals surface area contributed by atoms with Crippen molar-refractivity contribution in [1.82, 2.24) is 30.0 Å². The minimum atomic E-state index is -0.00743. The number of hydrogen-bond acceptors (Lipinski definition) is 10. The van der Waals surface area contributed by atoms with Gasteiger partial charge in [-0.2, -0.15) is 0 Å². The summed E-state index contributed by atoms with van der Waals surface area (Å²) in [5.74, 6) is 2.33. The molecular formula is C28H27N9O2. The van der Waals surface area contributed by atoms with E-state index >= 15 is 0 Å². The smallest absolute Gasteiger partial charge is 0.266 e. The SMILES string of the molecule is C=CC(=O)N1CC2CC(Nc3ncnc(N)c3C(=N)c3ccc(-c4nnc(-c5ccccn5)o4)cc3)CC2C1. The van der Waals surface area contributed by atoms with Gasteiger partial charge in [-0.15, -0.1) is 10.2 Å². The van der Waals surface area contributed by atoms with Crippen LogP contribution in [-0.4, -0.2) is 60.8 Å². The van der Waals surface area contributed by atoms with Crippen LogP contribution in [0.4, 0.5) is 11.6 Å². The van der Waals surface area contributed by atoms with Crippen molar-refractivity contribution in [2.24, 2.45) is 11.8 Å². The fourth-order valence-electron chi connectivity index (χ4n) is 5.53. The van der Waals surface area contributed by atoms with Crippen molar-refractivity contribution in [1.29, 1.82) is 5.41 Å². The van der Waals surface area contributed by atoms with Crippen LogP contribution in [0.25, 0.3) is 23.0 Å². The lowest BCUT2D eigenvalue weighted by Crippen LogP contribution is -2.30. The maximum Gasteiger partial charge on any atom is 0.266 e. The Morgan fingerprint density at radius 2 is 1.79 bits per heavy atom. The van der Waals surface area contributed by atoms with Crippen LogP contribution in [0.15, 0.2) is 72.1 Å². The van der Waals surface area contributed by atoms with Crippen molar-refractivity contribution < 1.29 is 9.21 Å². The fourth-order valence-corrected chi connectivity index (χ4v) is 5.53. The molecule has 1 aliphatic heterocycles. The number of fused-ring (bicyclic) bond motifs is 1. The molecule has 39 heavy (non-hydrogen) atoms. The number of likely N-dealkylation sites (tertiary alicyclic amines) is 1. The fraction of sp³-hybridized carbons (Fsp3) is 0.250. The van der Waals surface area contributed by atoms with Gasteiger partial charge in [0.2, 0.25) is 11.8 Å². The third-order valence-electron chi connectivity index (χ3n) is 7.43. The first-order chi connectivity index (χ1) is 19.0. The molecule has 196 valence electrons. The van der Waals surface area contributed by atoms with Crippen molar-refractivity contribution >= 4 is 23.3 Å². The summed E-state index contributed by atoms with van der Waals surface area (Å²) in [5, 5.41) is 20.7. The summed E-state index contributed by atoms with van der Waals surface area (Å²) in [6.07, 6.45) is 6.29. The zero-order valence-electron chi connectivity index (χ0n) is 21.1. The van der Waals surface area contributed by atoms with Crippen LogP contribution >= 0.6 is 0 Å². The number of amides is 1. The number of aromatic nitrogens is 5. The number of benzene rings is 1. The summed E-state index contributed by atoms with van der Waals surface area (Å²) >= 11 is 0. The number of rotatable bonds is 7. The molecule has 1 amide bonds. The molecule has 0 radical (unpaired) electrons. The minimum Gasteiger partial charge on any atom is -0.415 e. The highest BCUT2D eigenvalue weighted by atomic mass is 16.4. The molecule has 2 aliphatic rings. The molecule has 1 saturated carbocycles. The second kappa shape index (κ2) is 10.1. The Balaban J connectivity index is 1.17. The number of nitrogen functional groups attached to an aromatic ring is 1. The third kappa shape index (κ3) is 4.74. The zero-order valence-corrected chi connectivity index (χ0v) is 21.1. The van der Waals surface area contributed by atoms with Gasteiger partial charge in [0.05, 0.1) is 11.3 Å². The van der Waals surface area contributed by atoms with Crippen LogP contribution in [0.1, 0.15) is 24.0 Å². The van der Waals surface area contributed by atoms with Crippen LogP contribution in [0.5, 0.6) is 0 Å². The highest BCUT2D eigenvalue weighted by Gasteiger charge is 2.42. The molecule has 6 rings (SSSR count). The predicted octanol–water partition coefficient (Wildman–Crippen LogP) is 3.42. The standard InChI is InChI=1S/C28H27N9O2/c1-2-22(38)37-13-18-11-20(12-19(18)14-37)34-26-23(25(30)32-15-33-26)24(29)16-6-8-17(9-7-16)27-35-36-28(39-27)21-5-3-4-10-31-21/h2-10,15,18-20,29H,1,11-14H2,(H3,30,32,33,34). The molecule has 0 spiro atoms. The molecule has 1 aliphatic carbocycles. The van der Waals surface area contributed by atoms with Gasteiger partial charge in [-0.05, 0) is 55.0 Å². The summed E-state index contributed by atoms with van der Waals surface area (Å²) in [4.78, 5) is 26.7. The van der Waals surface area contributed by atoms with Gasteiger partial charge in [0.25, 0.3) is 5.89 Å². The first kappa shape index (κ1) is 24.4. The van der Waals surface area contributed by atoms with Gasteiger partial charge in [-0.25, -0.2) is 9.97 Å². The van der Waals surface area contributed by atoms with E-state index in [-0.39, 0.29) is 23.5 Å². The third-order valence-corrected chi connectivity index (χ3v) is 7.43. The molecule has 2 fully saturated rings. The number of nitrogens with two attached hydrogens (primary N) is 1. The van der Waals surface area contributed by atoms with Gasteiger partial charge >= 0.3 is 0 Å². The van der Waals surface area contributed by atoms with E-state index in [4.69, 9.17) is 15.6 Å². The highest BCUT2D eigenvalue weighted by molar-refractivity contribution is 6.16. The zero-order chi connectivity index (χ0) is 26.9. The maximum absolute atomic E-state index is 12.0. The summed E-state index contributed by atoms with van der Waals surface area (Å²) in [5.41, 5.74) is 8.89. The molecule has 2 atom stereocenters. The number of anilines is 2. The number of carbonyl (C=O) groups is 1. The summed E-state index contributed by atoms with van der Waals surface area (Å²) in [6, 6.07) is 12.9. The molecule has 11 heteroatoms. The Hall–Kier alpha value is -4.93. The lowest BCUT2D eigenvalue weighted by molar-refractivity contribution is -0.125. The van der Waals surface area contributed by atoms with Crippen molar-refractivity contribution in [3.63, 3.8) is 0 Å². The topological polar surface area (TPSA) is 160 Å². The number of hydrogen-bond donors (Lipinski definition) is 3. The Morgan fingerprint density at radius 1 is 1.05 bits per heavy atom. The molecule has 0 bridgehead atoms. The monoisotopic (exact) mass is 521 g/mol. The molecular weight excluding hydrogens is 494 g/mol. The van der Waals surface area contributed by atoms with Crippen molar-refractivity contribution in [3.8, 4) is 23.0 Å². The average Bonchev–Trinajstić information content (AvgIpc) is 3.69. The highest BCUT2D eigenvalue weighted by Crippen LogP contribution is 2.39. The van der Waals surface area contributed by atoms with E-state index in [1.165, 1.54) is 12.4 Å². The van der Waals surface area contributed by atoms with Gasteiger partial charge in [0, 0.05) is 36.5 Å². The summed E-state index contributed by atoms with van der Waals surface area (Å²) in [7, 11) is 0. The number of nitrogens with zero attached hydrogens (tertiary/aromatic N) is 6. The minimum absolute atomic E-state index is 0.00743. The first-order valence-electron chi connectivity index (χ1n) is 12.7. The van der Waals surface area contributed by atoms with Crippen LogP contribution in [0.3, 0.4) is 0 Å². The second-order valence-electron chi connectivity index (χ2n) is 9.84. The predicted molar refractivity (Wildman–Crippen MR) is 146 cm³/mol. The largest absolute Gasteiger partial charge is 0.415 e. The van der Waals surface area contributed by atoms with E-state index in [9.17, 15) is 4.79 Å². The number of nitrogens with one attached hydrogen (secondary N) is 2. The molecule has 11 nitrogen and oxygen atoms in total. The van der Waals surface area contributed by atoms with Crippen LogP contribution < -0.4 is 11.1 Å². The van der Waals surface area contributed by atoms with E-state index in [0.717, 1.165) is 31.5 Å². The molecule has 2 unspecified atom stereocenters. The Bertz CT molecular complexity index is 1520. The quantitative estimate of drug-likeness (QED) is 0.244. The molecule has 4 aromatic rings. The van der Waals surface area contributed by atoms with E-state index in [1.54, 1.807) is 12.3 Å². The van der Waals surface area contributed by atoms with Gasteiger partial charge in [-0.1, -0.05) is 24.8 Å². The van der Waals surface area contributed by atoms with E-state index in [1.807, 2.05) is 41.3 Å². The Kier molecular flexibility index (Phi) is 6.31. The number of carbonyl (C=O) groups excluding carboxylic acids is 1. The lowest BCUT2D eigenvalue weighted by Gasteiger charge is -2.20. The normalized spacial score (nSPS) is 20.0. The summed E-state index contributed by atoms with van der Waals surface area (Å²) < 4.78 is 5.80. The van der Waals surface area contributed by atoms with Crippen LogP contribution in [-0.2, 0) is 4.79 Å². The van der Waals surface area contributed by atoms with E-state index in [0.29, 0.717) is 46.3 Å². The molecule has 4 N–H and O–H groups in total. The molecule has 1 saturated heterocycles. The van der Waals surface area contributed by atoms with Gasteiger partial charge in [-0.3, -0.25) is 15.2 Å². The van der Waals surface area contributed by atoms with Crippen molar-refractivity contribution in [2.45, 2.75) is 18.9 Å². The van der Waals surface area contributed by atoms with Crippen LogP contribution in [0, 0.1) is 17.2 Å². The van der Waals surface area contributed by atoms with Gasteiger partial charge < -0.3 is 20.4 Å². The van der Waals surface area contributed by atoms with E-state index in [2.05, 4.69) is 37.0 Å². The molecule has 3 aromatic heterocycles. The molecule has 4 heterocycles. The average molecular weight is 522 g/mol. The van der Waals surface area contributed by atoms with Crippen LogP contribution in [0.2, 0.25) is 0 Å². The first-order valence-corrected chi connectivity index (χ1v) is 12.7. The maximum atomic E-state index is 12.0. The second-order valence-corrected chi connectivity index (χ2v) is 9.84. The molecule has 1 aromatic carbocycles. The Labute approximate surface area is 224 Å². The van der Waals surface area contributed by atoms with Crippen molar-refractivity contribution in [3.05, 3.63) is 78.8 Å². The number of pyridine rings is 1. The Morgan fingerprint density at radius 3 is 2.49 bits per heavy atom. The lowest BCUT2D eigenvalue weighted by atomic mass is 10.0. The van der Waals surface area contributed by atoms with Crippen molar-refractivity contribution in [2.75, 3.05) is 24.1 Å². The van der Waals surface area contributed by atoms with Gasteiger partial charge in [0.1, 0.15) is 23.7 Å². The summed E-state index contributed by atoms with van der Waals surface area (Å²) in [6.45, 7) is 5.10. The van der Waals surface area contributed by atoms with Gasteiger partial charge in [0.15, 0.2) is 0 Å².